The molecule has 0 saturated heterocycles. The quantitative estimate of drug-likeness (QED) is 0.814. The van der Waals surface area contributed by atoms with Gasteiger partial charge in [0.15, 0.2) is 5.78 Å². The number of Topliss-reactive ketones (excluding diaryl/α,β-unsaturated/α-hetero) is 1. The average molecular weight is 337 g/mol. The predicted octanol–water partition coefficient (Wildman–Crippen LogP) is 4.54. The van der Waals surface area contributed by atoms with Crippen LogP contribution in [0.15, 0.2) is 36.4 Å². The van der Waals surface area contributed by atoms with E-state index in [1.54, 1.807) is 0 Å². The van der Waals surface area contributed by atoms with Crippen molar-refractivity contribution in [1.29, 1.82) is 0 Å². The highest BCUT2D eigenvalue weighted by Gasteiger charge is 2.31. The van der Waals surface area contributed by atoms with Gasteiger partial charge in [0.1, 0.15) is 0 Å². The molecule has 3 nitrogen and oxygen atoms in total. The molecule has 2 aromatic carbocycles. The van der Waals surface area contributed by atoms with Gasteiger partial charge >= 0.3 is 0 Å². The molecule has 0 aliphatic heterocycles. The SMILES string of the molecule is CC(=O)NC(C)(CC(=O)c1ccc(C)c(C)c1)c1ccc(C)c(C)c1. The van der Waals surface area contributed by atoms with Crippen molar-refractivity contribution >= 4 is 11.7 Å². The van der Waals surface area contributed by atoms with Crippen molar-refractivity contribution in [2.45, 2.75) is 53.5 Å². The summed E-state index contributed by atoms with van der Waals surface area (Å²) >= 11 is 0. The molecular weight excluding hydrogens is 310 g/mol. The van der Waals surface area contributed by atoms with Crippen molar-refractivity contribution in [3.05, 3.63) is 69.8 Å². The molecule has 0 aliphatic carbocycles. The minimum atomic E-state index is -0.736. The average Bonchev–Trinajstić information content (AvgIpc) is 2.51. The Morgan fingerprint density at radius 2 is 1.44 bits per heavy atom. The highest BCUT2D eigenvalue weighted by molar-refractivity contribution is 5.97. The molecule has 0 saturated carbocycles. The van der Waals surface area contributed by atoms with Crippen molar-refractivity contribution in [2.75, 3.05) is 0 Å². The smallest absolute Gasteiger partial charge is 0.217 e. The Morgan fingerprint density at radius 3 is 1.96 bits per heavy atom. The molecule has 1 amide bonds. The van der Waals surface area contributed by atoms with Gasteiger partial charge in [-0.2, -0.15) is 0 Å². The molecule has 2 rings (SSSR count). The maximum absolute atomic E-state index is 12.9. The van der Waals surface area contributed by atoms with Gasteiger partial charge in [-0.25, -0.2) is 0 Å². The van der Waals surface area contributed by atoms with Gasteiger partial charge in [-0.1, -0.05) is 30.3 Å². The van der Waals surface area contributed by atoms with E-state index >= 15 is 0 Å². The molecule has 132 valence electrons. The van der Waals surface area contributed by atoms with E-state index < -0.39 is 5.54 Å². The lowest BCUT2D eigenvalue weighted by Crippen LogP contribution is -2.44. The van der Waals surface area contributed by atoms with Gasteiger partial charge < -0.3 is 5.32 Å². The molecule has 0 heterocycles. The van der Waals surface area contributed by atoms with Gasteiger partial charge in [-0.3, -0.25) is 9.59 Å². The third kappa shape index (κ3) is 4.36. The second-order valence-corrected chi connectivity index (χ2v) is 7.21. The summed E-state index contributed by atoms with van der Waals surface area (Å²) in [5, 5.41) is 2.99. The number of amides is 1. The van der Waals surface area contributed by atoms with Crippen LogP contribution in [0.5, 0.6) is 0 Å². The van der Waals surface area contributed by atoms with Crippen LogP contribution in [0, 0.1) is 27.7 Å². The number of hydrogen-bond donors (Lipinski definition) is 1. The fraction of sp³-hybridized carbons (Fsp3) is 0.364. The fourth-order valence-corrected chi connectivity index (χ4v) is 3.03. The Hall–Kier alpha value is -2.42. The monoisotopic (exact) mass is 337 g/mol. The highest BCUT2D eigenvalue weighted by Crippen LogP contribution is 2.28. The number of nitrogens with one attached hydrogen (secondary N) is 1. The van der Waals surface area contributed by atoms with Gasteiger partial charge in [-0.15, -0.1) is 0 Å². The lowest BCUT2D eigenvalue weighted by atomic mass is 9.83. The third-order valence-electron chi connectivity index (χ3n) is 4.94. The summed E-state index contributed by atoms with van der Waals surface area (Å²) in [6, 6.07) is 11.8. The second-order valence-electron chi connectivity index (χ2n) is 7.21. The molecule has 0 bridgehead atoms. The van der Waals surface area contributed by atoms with Gasteiger partial charge in [0, 0.05) is 18.9 Å². The molecule has 25 heavy (non-hydrogen) atoms. The Morgan fingerprint density at radius 1 is 0.880 bits per heavy atom. The zero-order chi connectivity index (χ0) is 18.8. The van der Waals surface area contributed by atoms with E-state index in [0.29, 0.717) is 5.56 Å². The number of ketones is 1. The van der Waals surface area contributed by atoms with E-state index in [2.05, 4.69) is 18.3 Å². The number of hydrogen-bond acceptors (Lipinski definition) is 2. The van der Waals surface area contributed by atoms with Crippen LogP contribution in [0.1, 0.15) is 58.4 Å². The third-order valence-corrected chi connectivity index (χ3v) is 4.94. The maximum Gasteiger partial charge on any atom is 0.217 e. The van der Waals surface area contributed by atoms with E-state index in [-0.39, 0.29) is 18.1 Å². The number of carbonyl (C=O) groups is 2. The van der Waals surface area contributed by atoms with E-state index in [0.717, 1.165) is 22.3 Å². The molecule has 1 N–H and O–H groups in total. The van der Waals surface area contributed by atoms with Crippen molar-refractivity contribution < 1.29 is 9.59 Å². The molecule has 0 spiro atoms. The van der Waals surface area contributed by atoms with Crippen LogP contribution in [-0.4, -0.2) is 11.7 Å². The number of carbonyl (C=O) groups excluding carboxylic acids is 2. The molecule has 1 atom stereocenters. The summed E-state index contributed by atoms with van der Waals surface area (Å²) in [6.45, 7) is 11.5. The van der Waals surface area contributed by atoms with Crippen LogP contribution in [0.25, 0.3) is 0 Å². The summed E-state index contributed by atoms with van der Waals surface area (Å²) < 4.78 is 0. The second kappa shape index (κ2) is 7.22. The van der Waals surface area contributed by atoms with Gasteiger partial charge in [0.05, 0.1) is 5.54 Å². The number of benzene rings is 2. The molecule has 0 aliphatic rings. The molecule has 0 fully saturated rings. The van der Waals surface area contributed by atoms with Crippen molar-refractivity contribution in [1.82, 2.24) is 5.32 Å². The summed E-state index contributed by atoms with van der Waals surface area (Å²) in [5.41, 5.74) is 5.49. The first-order valence-corrected chi connectivity index (χ1v) is 8.59. The zero-order valence-corrected chi connectivity index (χ0v) is 16.0. The Balaban J connectivity index is 2.39. The number of aryl methyl sites for hydroxylation is 4. The molecular formula is C22H27NO2. The summed E-state index contributed by atoms with van der Waals surface area (Å²) in [7, 11) is 0. The van der Waals surface area contributed by atoms with E-state index in [1.165, 1.54) is 12.5 Å². The van der Waals surface area contributed by atoms with E-state index in [9.17, 15) is 9.59 Å². The minimum absolute atomic E-state index is 0.0255. The van der Waals surface area contributed by atoms with Gasteiger partial charge in [0.25, 0.3) is 0 Å². The maximum atomic E-state index is 12.9. The molecule has 2 aromatic rings. The summed E-state index contributed by atoms with van der Waals surface area (Å²) in [5.74, 6) is -0.119. The Labute approximate surface area is 150 Å². The van der Waals surface area contributed by atoms with Gasteiger partial charge in [-0.05, 0) is 68.5 Å². The van der Waals surface area contributed by atoms with Gasteiger partial charge in [0.2, 0.25) is 5.91 Å². The normalized spacial score (nSPS) is 13.2. The minimum Gasteiger partial charge on any atom is -0.347 e. The van der Waals surface area contributed by atoms with Crippen LogP contribution in [0.2, 0.25) is 0 Å². The highest BCUT2D eigenvalue weighted by atomic mass is 16.1. The summed E-state index contributed by atoms with van der Waals surface area (Å²) in [4.78, 5) is 24.7. The molecule has 1 unspecified atom stereocenters. The van der Waals surface area contributed by atoms with E-state index in [4.69, 9.17) is 0 Å². The zero-order valence-electron chi connectivity index (χ0n) is 16.0. The first-order valence-electron chi connectivity index (χ1n) is 8.59. The van der Waals surface area contributed by atoms with Crippen molar-refractivity contribution in [3.8, 4) is 0 Å². The lowest BCUT2D eigenvalue weighted by molar-refractivity contribution is -0.120. The Bertz CT molecular complexity index is 823. The van der Waals surface area contributed by atoms with Crippen LogP contribution in [0.4, 0.5) is 0 Å². The van der Waals surface area contributed by atoms with E-state index in [1.807, 2.05) is 58.0 Å². The summed E-state index contributed by atoms with van der Waals surface area (Å²) in [6.07, 6.45) is 0.220. The first-order chi connectivity index (χ1) is 11.6. The van der Waals surface area contributed by atoms with Crippen molar-refractivity contribution in [2.24, 2.45) is 0 Å². The standard InChI is InChI=1S/C22H27NO2/c1-14-7-9-19(11-16(14)3)21(25)13-22(6,23-18(5)24)20-10-8-15(2)17(4)12-20/h7-12H,13H2,1-6H3,(H,23,24). The first kappa shape index (κ1) is 18.9. The fourth-order valence-electron chi connectivity index (χ4n) is 3.03. The molecule has 0 aromatic heterocycles. The largest absolute Gasteiger partial charge is 0.347 e. The van der Waals surface area contributed by atoms with Crippen LogP contribution >= 0.6 is 0 Å². The number of rotatable bonds is 5. The van der Waals surface area contributed by atoms with Crippen LogP contribution < -0.4 is 5.32 Å². The lowest BCUT2D eigenvalue weighted by Gasteiger charge is -2.31. The van der Waals surface area contributed by atoms with Crippen LogP contribution in [-0.2, 0) is 10.3 Å². The topological polar surface area (TPSA) is 46.2 Å². The molecule has 0 radical (unpaired) electrons. The molecule has 3 heteroatoms. The predicted molar refractivity (Wildman–Crippen MR) is 102 cm³/mol. The van der Waals surface area contributed by atoms with Crippen LogP contribution in [0.3, 0.4) is 0 Å². The van der Waals surface area contributed by atoms with Crippen molar-refractivity contribution in [3.63, 3.8) is 0 Å². The Kier molecular flexibility index (Phi) is 5.46.